The molecular formula is C35H35NOS. The minimum absolute atomic E-state index is 0.0252. The second kappa shape index (κ2) is 9.10. The van der Waals surface area contributed by atoms with Gasteiger partial charge in [-0.1, -0.05) is 71.0 Å². The molecule has 0 radical (unpaired) electrons. The number of hydrogen-bond acceptors (Lipinski definition) is 3. The fraction of sp³-hybridized carbons (Fsp3) is 0.286. The van der Waals surface area contributed by atoms with Gasteiger partial charge in [0.1, 0.15) is 11.3 Å². The van der Waals surface area contributed by atoms with Gasteiger partial charge in [-0.15, -0.1) is 11.3 Å². The van der Waals surface area contributed by atoms with E-state index in [1.54, 1.807) is 0 Å². The van der Waals surface area contributed by atoms with E-state index >= 15 is 0 Å². The zero-order valence-corrected chi connectivity index (χ0v) is 24.2. The minimum atomic E-state index is 0.0252. The first kappa shape index (κ1) is 24.9. The van der Waals surface area contributed by atoms with Gasteiger partial charge in [0, 0.05) is 27.8 Å². The molecule has 2 nitrogen and oxygen atoms in total. The van der Waals surface area contributed by atoms with E-state index in [1.807, 2.05) is 11.3 Å². The first-order valence-electron chi connectivity index (χ1n) is 13.6. The molecule has 3 aromatic heterocycles. The SMILES string of the molecule is Cc1cc2nc(-c3cc(C(C)(C)C)c4ccccc4c3)cc(-c3ccc4c(C)c(CC(C)C)oc4c3)c2s1. The molecule has 0 saturated heterocycles. The van der Waals surface area contributed by atoms with Crippen molar-refractivity contribution in [2.24, 2.45) is 5.92 Å². The van der Waals surface area contributed by atoms with Crippen LogP contribution in [0, 0.1) is 19.8 Å². The van der Waals surface area contributed by atoms with Crippen LogP contribution in [0.25, 0.3) is 54.3 Å². The van der Waals surface area contributed by atoms with Crippen molar-refractivity contribution in [3.63, 3.8) is 0 Å². The van der Waals surface area contributed by atoms with E-state index in [-0.39, 0.29) is 5.41 Å². The Morgan fingerprint density at radius 2 is 1.66 bits per heavy atom. The number of fused-ring (bicyclic) bond motifs is 3. The third kappa shape index (κ3) is 4.33. The number of pyridine rings is 1. The van der Waals surface area contributed by atoms with Gasteiger partial charge in [0.25, 0.3) is 0 Å². The summed E-state index contributed by atoms with van der Waals surface area (Å²) in [4.78, 5) is 6.45. The van der Waals surface area contributed by atoms with Crippen molar-refractivity contribution in [1.29, 1.82) is 0 Å². The van der Waals surface area contributed by atoms with Gasteiger partial charge in [0.2, 0.25) is 0 Å². The maximum Gasteiger partial charge on any atom is 0.135 e. The molecule has 0 bridgehead atoms. The molecule has 3 heteroatoms. The van der Waals surface area contributed by atoms with Gasteiger partial charge in [-0.3, -0.25) is 0 Å². The number of thiophene rings is 1. The minimum Gasteiger partial charge on any atom is -0.461 e. The van der Waals surface area contributed by atoms with Crippen LogP contribution in [0.5, 0.6) is 0 Å². The number of benzene rings is 3. The number of nitrogens with zero attached hydrogens (tertiary/aromatic N) is 1. The Balaban J connectivity index is 1.57. The quantitative estimate of drug-likeness (QED) is 0.232. The second-order valence-electron chi connectivity index (χ2n) is 12.1. The summed E-state index contributed by atoms with van der Waals surface area (Å²) in [6.07, 6.45) is 0.960. The van der Waals surface area contributed by atoms with Crippen molar-refractivity contribution < 1.29 is 4.42 Å². The summed E-state index contributed by atoms with van der Waals surface area (Å²) in [6, 6.07) is 24.5. The zero-order valence-electron chi connectivity index (χ0n) is 23.4. The van der Waals surface area contributed by atoms with Crippen LogP contribution in [0.1, 0.15) is 56.4 Å². The van der Waals surface area contributed by atoms with Crippen LogP contribution in [0.4, 0.5) is 0 Å². The van der Waals surface area contributed by atoms with Crippen LogP contribution in [-0.4, -0.2) is 4.98 Å². The predicted molar refractivity (Wildman–Crippen MR) is 164 cm³/mol. The highest BCUT2D eigenvalue weighted by Gasteiger charge is 2.20. The summed E-state index contributed by atoms with van der Waals surface area (Å²) in [7, 11) is 0. The monoisotopic (exact) mass is 517 g/mol. The Kier molecular flexibility index (Phi) is 5.96. The molecule has 192 valence electrons. The van der Waals surface area contributed by atoms with Crippen molar-refractivity contribution in [3.05, 3.63) is 88.5 Å². The normalized spacial score (nSPS) is 12.4. The van der Waals surface area contributed by atoms with E-state index in [1.165, 1.54) is 48.0 Å². The average Bonchev–Trinajstić information content (AvgIpc) is 3.39. The second-order valence-corrected chi connectivity index (χ2v) is 13.3. The molecule has 3 heterocycles. The molecule has 3 aromatic carbocycles. The lowest BCUT2D eigenvalue weighted by molar-refractivity contribution is 0.496. The zero-order chi connectivity index (χ0) is 26.8. The molecule has 0 N–H and O–H groups in total. The summed E-state index contributed by atoms with van der Waals surface area (Å²) in [5, 5.41) is 3.78. The fourth-order valence-electron chi connectivity index (χ4n) is 5.59. The molecular weight excluding hydrogens is 482 g/mol. The van der Waals surface area contributed by atoms with Gasteiger partial charge in [0.15, 0.2) is 0 Å². The highest BCUT2D eigenvalue weighted by Crippen LogP contribution is 2.40. The van der Waals surface area contributed by atoms with Gasteiger partial charge < -0.3 is 4.42 Å². The van der Waals surface area contributed by atoms with E-state index in [0.717, 1.165) is 34.5 Å². The molecule has 0 aliphatic rings. The molecule has 6 aromatic rings. The molecule has 38 heavy (non-hydrogen) atoms. The first-order valence-corrected chi connectivity index (χ1v) is 14.4. The van der Waals surface area contributed by atoms with E-state index in [9.17, 15) is 0 Å². The maximum absolute atomic E-state index is 6.39. The third-order valence-corrected chi connectivity index (χ3v) is 8.58. The van der Waals surface area contributed by atoms with Crippen LogP contribution in [0.2, 0.25) is 0 Å². The van der Waals surface area contributed by atoms with E-state index in [4.69, 9.17) is 9.40 Å². The third-order valence-electron chi connectivity index (χ3n) is 7.51. The largest absolute Gasteiger partial charge is 0.461 e. The van der Waals surface area contributed by atoms with Gasteiger partial charge >= 0.3 is 0 Å². The lowest BCUT2D eigenvalue weighted by atomic mass is 9.82. The highest BCUT2D eigenvalue weighted by atomic mass is 32.1. The summed E-state index contributed by atoms with van der Waals surface area (Å²) < 4.78 is 7.62. The Morgan fingerprint density at radius 1 is 0.868 bits per heavy atom. The summed E-state index contributed by atoms with van der Waals surface area (Å²) in [5.74, 6) is 1.66. The molecule has 0 amide bonds. The highest BCUT2D eigenvalue weighted by molar-refractivity contribution is 7.19. The first-order chi connectivity index (χ1) is 18.1. The van der Waals surface area contributed by atoms with Crippen molar-refractivity contribution in [1.82, 2.24) is 4.98 Å². The molecule has 0 aliphatic carbocycles. The Bertz CT molecular complexity index is 1830. The summed E-state index contributed by atoms with van der Waals surface area (Å²) >= 11 is 1.82. The molecule has 6 rings (SSSR count). The van der Waals surface area contributed by atoms with Gasteiger partial charge in [-0.2, -0.15) is 0 Å². The number of aryl methyl sites for hydroxylation is 2. The van der Waals surface area contributed by atoms with Gasteiger partial charge in [-0.25, -0.2) is 4.98 Å². The topological polar surface area (TPSA) is 26.0 Å². The number of furan rings is 1. The van der Waals surface area contributed by atoms with Crippen LogP contribution < -0.4 is 0 Å². The van der Waals surface area contributed by atoms with Crippen LogP contribution >= 0.6 is 11.3 Å². The predicted octanol–water partition coefficient (Wildman–Crippen LogP) is 10.6. The Labute approximate surface area is 229 Å². The smallest absolute Gasteiger partial charge is 0.135 e. The lowest BCUT2D eigenvalue weighted by Crippen LogP contribution is -2.12. The van der Waals surface area contributed by atoms with Gasteiger partial charge in [-0.05, 0) is 83.0 Å². The van der Waals surface area contributed by atoms with E-state index in [0.29, 0.717) is 5.92 Å². The van der Waals surface area contributed by atoms with Gasteiger partial charge in [0.05, 0.1) is 15.9 Å². The molecule has 0 atom stereocenters. The standard InChI is InChI=1S/C35H35NOS/c1-20(2)14-32-22(4)26-13-12-24(18-33(26)37-32)28-19-30(36-31-15-21(3)38-34(28)31)25-16-23-10-8-9-11-27(23)29(17-25)35(5,6)7/h8-13,15-20H,14H2,1-7H3. The molecule has 0 fully saturated rings. The lowest BCUT2D eigenvalue weighted by Gasteiger charge is -2.23. The van der Waals surface area contributed by atoms with E-state index < -0.39 is 0 Å². The average molecular weight is 518 g/mol. The van der Waals surface area contributed by atoms with Crippen molar-refractivity contribution in [3.8, 4) is 22.4 Å². The van der Waals surface area contributed by atoms with Crippen molar-refractivity contribution in [2.75, 3.05) is 0 Å². The van der Waals surface area contributed by atoms with Crippen LogP contribution in [0.3, 0.4) is 0 Å². The van der Waals surface area contributed by atoms with Crippen LogP contribution in [-0.2, 0) is 11.8 Å². The van der Waals surface area contributed by atoms with E-state index in [2.05, 4.69) is 115 Å². The number of hydrogen-bond donors (Lipinski definition) is 0. The number of rotatable bonds is 4. The molecule has 0 saturated carbocycles. The summed E-state index contributed by atoms with van der Waals surface area (Å²) in [5.41, 5.74) is 9.23. The molecule has 0 aliphatic heterocycles. The van der Waals surface area contributed by atoms with Crippen LogP contribution in [0.15, 0.2) is 71.1 Å². The van der Waals surface area contributed by atoms with Crippen molar-refractivity contribution >= 4 is 43.3 Å². The Morgan fingerprint density at radius 3 is 2.42 bits per heavy atom. The summed E-state index contributed by atoms with van der Waals surface area (Å²) in [6.45, 7) is 15.7. The molecule has 0 unspecified atom stereocenters. The fourth-order valence-corrected chi connectivity index (χ4v) is 6.58. The maximum atomic E-state index is 6.39. The number of aromatic nitrogens is 1. The Hall–Kier alpha value is -3.43. The van der Waals surface area contributed by atoms with Crippen molar-refractivity contribution in [2.45, 2.75) is 60.3 Å². The molecule has 0 spiro atoms.